The van der Waals surface area contributed by atoms with Gasteiger partial charge >= 0.3 is 11.9 Å². The smallest absolute Gasteiger partial charge is 0.306 e. The molecule has 56 heavy (non-hydrogen) atoms. The number of carbonyl (C=O) groups excluding carboxylic acids is 2. The number of allylic oxidation sites excluding steroid dienone is 10. The Bertz CT molecular complexity index is 977. The molecule has 5 nitrogen and oxygen atoms in total. The maximum Gasteiger partial charge on any atom is 0.306 e. The standard InChI is InChI=1S/C51H90O5/c1-4-7-10-13-16-19-22-24-25-26-27-28-30-32-35-38-41-44-50(52)55-48-49(47-54-46-43-40-37-34-31-23-20-17-14-11-8-5-2)56-51(53)45-42-39-36-33-29-21-18-15-12-9-6-3/h7,10,14,16-17,19,24-25,27-28,49H,4-6,8-9,11-13,15,18,20-23,26,29-48H2,1-3H3/b10-7-,17-14-,19-16-,25-24-,28-27-. The lowest BCUT2D eigenvalue weighted by atomic mass is 10.1. The summed E-state index contributed by atoms with van der Waals surface area (Å²) in [5.41, 5.74) is 0. The fourth-order valence-electron chi connectivity index (χ4n) is 6.48. The number of ether oxygens (including phenoxy) is 3. The van der Waals surface area contributed by atoms with Crippen LogP contribution in [0.3, 0.4) is 0 Å². The molecule has 0 saturated heterocycles. The highest BCUT2D eigenvalue weighted by molar-refractivity contribution is 5.70. The summed E-state index contributed by atoms with van der Waals surface area (Å²) in [5.74, 6) is -0.425. The van der Waals surface area contributed by atoms with Crippen molar-refractivity contribution in [2.45, 2.75) is 232 Å². The van der Waals surface area contributed by atoms with Gasteiger partial charge in [-0.2, -0.15) is 0 Å². The van der Waals surface area contributed by atoms with E-state index in [0.717, 1.165) is 83.5 Å². The zero-order chi connectivity index (χ0) is 40.7. The minimum atomic E-state index is -0.546. The molecule has 0 heterocycles. The first-order valence-electron chi connectivity index (χ1n) is 23.8. The number of carbonyl (C=O) groups is 2. The Morgan fingerprint density at radius 3 is 1.36 bits per heavy atom. The third kappa shape index (κ3) is 44.3. The molecule has 0 aromatic carbocycles. The van der Waals surface area contributed by atoms with Crippen molar-refractivity contribution < 1.29 is 23.8 Å². The van der Waals surface area contributed by atoms with Crippen LogP contribution < -0.4 is 0 Å². The van der Waals surface area contributed by atoms with E-state index in [9.17, 15) is 9.59 Å². The van der Waals surface area contributed by atoms with Gasteiger partial charge in [0.05, 0.1) is 6.61 Å². The predicted octanol–water partition coefficient (Wildman–Crippen LogP) is 15.8. The monoisotopic (exact) mass is 783 g/mol. The van der Waals surface area contributed by atoms with Crippen molar-refractivity contribution in [1.82, 2.24) is 0 Å². The Morgan fingerprint density at radius 2 is 0.821 bits per heavy atom. The highest BCUT2D eigenvalue weighted by Gasteiger charge is 2.17. The first kappa shape index (κ1) is 53.6. The number of hydrogen-bond donors (Lipinski definition) is 0. The first-order valence-corrected chi connectivity index (χ1v) is 23.8. The molecule has 0 N–H and O–H groups in total. The van der Waals surface area contributed by atoms with Crippen LogP contribution in [0, 0.1) is 0 Å². The molecule has 0 amide bonds. The largest absolute Gasteiger partial charge is 0.462 e. The molecule has 1 atom stereocenters. The molecule has 0 aromatic rings. The van der Waals surface area contributed by atoms with Crippen molar-refractivity contribution in [2.24, 2.45) is 0 Å². The van der Waals surface area contributed by atoms with Crippen molar-refractivity contribution in [3.8, 4) is 0 Å². The summed E-state index contributed by atoms with van der Waals surface area (Å²) in [7, 11) is 0. The Labute approximate surface area is 347 Å². The molecule has 0 fully saturated rings. The van der Waals surface area contributed by atoms with E-state index >= 15 is 0 Å². The second-order valence-electron chi connectivity index (χ2n) is 15.6. The van der Waals surface area contributed by atoms with Gasteiger partial charge in [0.1, 0.15) is 6.61 Å². The molecule has 0 aliphatic carbocycles. The maximum absolute atomic E-state index is 12.7. The Kier molecular flexibility index (Phi) is 45.0. The summed E-state index contributed by atoms with van der Waals surface area (Å²) in [6.45, 7) is 7.65. The van der Waals surface area contributed by atoms with E-state index in [4.69, 9.17) is 14.2 Å². The van der Waals surface area contributed by atoms with Gasteiger partial charge in [-0.05, 0) is 77.0 Å². The van der Waals surface area contributed by atoms with E-state index in [1.807, 2.05) is 0 Å². The molecule has 5 heteroatoms. The fraction of sp³-hybridized carbons (Fsp3) is 0.765. The van der Waals surface area contributed by atoms with Crippen LogP contribution in [-0.4, -0.2) is 37.9 Å². The second kappa shape index (κ2) is 47.0. The van der Waals surface area contributed by atoms with Crippen molar-refractivity contribution >= 4 is 11.9 Å². The number of rotatable bonds is 43. The second-order valence-corrected chi connectivity index (χ2v) is 15.6. The molecule has 0 aromatic heterocycles. The lowest BCUT2D eigenvalue weighted by molar-refractivity contribution is -0.163. The maximum atomic E-state index is 12.7. The van der Waals surface area contributed by atoms with Gasteiger partial charge in [0.15, 0.2) is 6.10 Å². The van der Waals surface area contributed by atoms with Crippen LogP contribution >= 0.6 is 0 Å². The van der Waals surface area contributed by atoms with Gasteiger partial charge in [-0.1, -0.05) is 197 Å². The van der Waals surface area contributed by atoms with Gasteiger partial charge in [0, 0.05) is 19.4 Å². The van der Waals surface area contributed by atoms with Crippen LogP contribution in [0.2, 0.25) is 0 Å². The van der Waals surface area contributed by atoms with Crippen LogP contribution in [0.15, 0.2) is 60.8 Å². The summed E-state index contributed by atoms with van der Waals surface area (Å²) in [5, 5.41) is 0. The third-order valence-electron chi connectivity index (χ3n) is 10.0. The Morgan fingerprint density at radius 1 is 0.411 bits per heavy atom. The van der Waals surface area contributed by atoms with Gasteiger partial charge in [-0.25, -0.2) is 0 Å². The highest BCUT2D eigenvalue weighted by atomic mass is 16.6. The lowest BCUT2D eigenvalue weighted by Crippen LogP contribution is -2.30. The number of esters is 2. The van der Waals surface area contributed by atoms with Crippen LogP contribution in [0.1, 0.15) is 226 Å². The average molecular weight is 783 g/mol. The molecule has 1 unspecified atom stereocenters. The SMILES string of the molecule is CC/C=C\C/C=C\C/C=C\C/C=C\CCCCCCC(=O)OCC(COCCCCCCCC/C=C\CCCC)OC(=O)CCCCCCCCCCCCC. The predicted molar refractivity (Wildman–Crippen MR) is 242 cm³/mol. The van der Waals surface area contributed by atoms with E-state index in [1.54, 1.807) is 0 Å². The zero-order valence-corrected chi connectivity index (χ0v) is 37.1. The van der Waals surface area contributed by atoms with E-state index < -0.39 is 6.10 Å². The topological polar surface area (TPSA) is 61.8 Å². The first-order chi connectivity index (χ1) is 27.6. The van der Waals surface area contributed by atoms with Crippen molar-refractivity contribution in [2.75, 3.05) is 19.8 Å². The molecule has 0 rings (SSSR count). The zero-order valence-electron chi connectivity index (χ0n) is 37.1. The average Bonchev–Trinajstić information content (AvgIpc) is 3.20. The van der Waals surface area contributed by atoms with Gasteiger partial charge in [0.2, 0.25) is 0 Å². The Balaban J connectivity index is 4.28. The van der Waals surface area contributed by atoms with E-state index in [1.165, 1.54) is 109 Å². The molecular formula is C51H90O5. The lowest BCUT2D eigenvalue weighted by Gasteiger charge is -2.18. The summed E-state index contributed by atoms with van der Waals surface area (Å²) < 4.78 is 17.3. The molecule has 0 aliphatic heterocycles. The van der Waals surface area contributed by atoms with Gasteiger partial charge in [-0.3, -0.25) is 9.59 Å². The molecular weight excluding hydrogens is 693 g/mol. The summed E-state index contributed by atoms with van der Waals surface area (Å²) >= 11 is 0. The van der Waals surface area contributed by atoms with Crippen molar-refractivity contribution in [3.63, 3.8) is 0 Å². The van der Waals surface area contributed by atoms with Crippen LogP contribution in [0.5, 0.6) is 0 Å². The van der Waals surface area contributed by atoms with Gasteiger partial charge in [0.25, 0.3) is 0 Å². The normalized spacial score (nSPS) is 12.7. The van der Waals surface area contributed by atoms with E-state index in [2.05, 4.69) is 81.5 Å². The number of unbranched alkanes of at least 4 members (excludes halogenated alkanes) is 22. The van der Waals surface area contributed by atoms with Crippen LogP contribution in [0.4, 0.5) is 0 Å². The van der Waals surface area contributed by atoms with Crippen LogP contribution in [0.25, 0.3) is 0 Å². The highest BCUT2D eigenvalue weighted by Crippen LogP contribution is 2.14. The fourth-order valence-corrected chi connectivity index (χ4v) is 6.48. The van der Waals surface area contributed by atoms with Crippen molar-refractivity contribution in [1.29, 1.82) is 0 Å². The summed E-state index contributed by atoms with van der Waals surface area (Å²) in [6, 6.07) is 0. The molecule has 324 valence electrons. The Hall–Kier alpha value is -2.40. The van der Waals surface area contributed by atoms with Crippen LogP contribution in [-0.2, 0) is 23.8 Å². The molecule has 0 aliphatic rings. The molecule has 0 radical (unpaired) electrons. The quantitative estimate of drug-likeness (QED) is 0.0350. The summed E-state index contributed by atoms with van der Waals surface area (Å²) in [4.78, 5) is 25.3. The number of hydrogen-bond acceptors (Lipinski definition) is 5. The van der Waals surface area contributed by atoms with Crippen molar-refractivity contribution in [3.05, 3.63) is 60.8 Å². The third-order valence-corrected chi connectivity index (χ3v) is 10.0. The minimum Gasteiger partial charge on any atom is -0.462 e. The van der Waals surface area contributed by atoms with Gasteiger partial charge in [-0.15, -0.1) is 0 Å². The van der Waals surface area contributed by atoms with E-state index in [0.29, 0.717) is 19.4 Å². The molecule has 0 saturated carbocycles. The summed E-state index contributed by atoms with van der Waals surface area (Å²) in [6.07, 6.45) is 57.9. The molecule has 0 spiro atoms. The van der Waals surface area contributed by atoms with Gasteiger partial charge < -0.3 is 14.2 Å². The minimum absolute atomic E-state index is 0.0710. The van der Waals surface area contributed by atoms with E-state index in [-0.39, 0.29) is 25.2 Å². The molecule has 0 bridgehead atoms.